The van der Waals surface area contributed by atoms with E-state index in [2.05, 4.69) is 47.6 Å². The van der Waals surface area contributed by atoms with Crippen molar-refractivity contribution in [1.82, 2.24) is 5.32 Å². The van der Waals surface area contributed by atoms with E-state index in [4.69, 9.17) is 0 Å². The number of aliphatic imine (C=N–C) groups is 1. The molecule has 3 heteroatoms. The van der Waals surface area contributed by atoms with Crippen molar-refractivity contribution in [2.45, 2.75) is 12.2 Å². The van der Waals surface area contributed by atoms with E-state index in [0.717, 1.165) is 18.3 Å². The highest BCUT2D eigenvalue weighted by atomic mass is 32.2. The van der Waals surface area contributed by atoms with Crippen LogP contribution in [0.5, 0.6) is 0 Å². The molecule has 1 aliphatic heterocycles. The highest BCUT2D eigenvalue weighted by molar-refractivity contribution is 8.14. The highest BCUT2D eigenvalue weighted by Crippen LogP contribution is 2.33. The second-order valence-corrected chi connectivity index (χ2v) is 4.38. The fraction of sp³-hybridized carbons (Fsp3) is 0.364. The molecule has 0 spiro atoms. The normalized spacial score (nSPS) is 20.6. The topological polar surface area (TPSA) is 24.4 Å². The Morgan fingerprint density at radius 2 is 2.21 bits per heavy atom. The van der Waals surface area contributed by atoms with Crippen LogP contribution >= 0.6 is 11.8 Å². The molecule has 1 heterocycles. The van der Waals surface area contributed by atoms with Crippen molar-refractivity contribution in [1.29, 1.82) is 0 Å². The molecule has 2 rings (SSSR count). The van der Waals surface area contributed by atoms with E-state index >= 15 is 0 Å². The van der Waals surface area contributed by atoms with E-state index in [1.54, 1.807) is 0 Å². The molecular formula is C11H14N2S. The summed E-state index contributed by atoms with van der Waals surface area (Å²) in [4.78, 5) is 4.45. The Morgan fingerprint density at radius 1 is 1.43 bits per heavy atom. The molecule has 0 fully saturated rings. The molecule has 0 bridgehead atoms. The summed E-state index contributed by atoms with van der Waals surface area (Å²) in [6.07, 6.45) is 0. The van der Waals surface area contributed by atoms with E-state index in [0.29, 0.717) is 5.25 Å². The van der Waals surface area contributed by atoms with Crippen LogP contribution in [0.15, 0.2) is 35.3 Å². The van der Waals surface area contributed by atoms with Crippen LogP contribution in [0.2, 0.25) is 0 Å². The number of nitrogens with zero attached hydrogens (tertiary/aromatic N) is 1. The maximum Gasteiger partial charge on any atom is 0.157 e. The minimum absolute atomic E-state index is 0.505. The van der Waals surface area contributed by atoms with Crippen molar-refractivity contribution in [3.8, 4) is 0 Å². The van der Waals surface area contributed by atoms with E-state index in [1.807, 2.05) is 11.8 Å². The SMILES string of the molecule is CCNC1=NC[C@H](c2ccccc2)S1. The largest absolute Gasteiger partial charge is 0.365 e. The highest BCUT2D eigenvalue weighted by Gasteiger charge is 2.20. The van der Waals surface area contributed by atoms with Gasteiger partial charge >= 0.3 is 0 Å². The standard InChI is InChI=1S/C11H14N2S/c1-2-12-11-13-8-10(14-11)9-6-4-3-5-7-9/h3-7,10H,2,8H2,1H3,(H,12,13)/t10-/m1/s1. The monoisotopic (exact) mass is 206 g/mol. The average molecular weight is 206 g/mol. The lowest BCUT2D eigenvalue weighted by molar-refractivity contribution is 0.941. The minimum Gasteiger partial charge on any atom is -0.365 e. The summed E-state index contributed by atoms with van der Waals surface area (Å²) in [5.41, 5.74) is 1.37. The van der Waals surface area contributed by atoms with Gasteiger partial charge < -0.3 is 5.32 Å². The molecule has 1 aromatic rings. The van der Waals surface area contributed by atoms with Crippen molar-refractivity contribution < 1.29 is 0 Å². The van der Waals surface area contributed by atoms with Crippen LogP contribution in [0.25, 0.3) is 0 Å². The summed E-state index contributed by atoms with van der Waals surface area (Å²) < 4.78 is 0. The molecule has 0 aliphatic carbocycles. The molecule has 0 aromatic heterocycles. The van der Waals surface area contributed by atoms with Gasteiger partial charge in [-0.15, -0.1) is 0 Å². The van der Waals surface area contributed by atoms with Gasteiger partial charge in [-0.3, -0.25) is 4.99 Å². The van der Waals surface area contributed by atoms with Gasteiger partial charge in [0.25, 0.3) is 0 Å². The van der Waals surface area contributed by atoms with Crippen molar-refractivity contribution in [2.75, 3.05) is 13.1 Å². The molecule has 2 nitrogen and oxygen atoms in total. The number of benzene rings is 1. The van der Waals surface area contributed by atoms with Gasteiger partial charge in [0.1, 0.15) is 0 Å². The summed E-state index contributed by atoms with van der Waals surface area (Å²) in [6, 6.07) is 10.6. The summed E-state index contributed by atoms with van der Waals surface area (Å²) in [7, 11) is 0. The fourth-order valence-electron chi connectivity index (χ4n) is 1.47. The molecule has 74 valence electrons. The third kappa shape index (κ3) is 2.10. The number of nitrogens with one attached hydrogen (secondary N) is 1. The first-order valence-corrected chi connectivity index (χ1v) is 5.78. The lowest BCUT2D eigenvalue weighted by atomic mass is 10.1. The second-order valence-electron chi connectivity index (χ2n) is 3.19. The number of hydrogen-bond donors (Lipinski definition) is 1. The van der Waals surface area contributed by atoms with Crippen molar-refractivity contribution >= 4 is 16.9 Å². The van der Waals surface area contributed by atoms with Crippen molar-refractivity contribution in [3.63, 3.8) is 0 Å². The van der Waals surface area contributed by atoms with Crippen LogP contribution in [0.3, 0.4) is 0 Å². The van der Waals surface area contributed by atoms with Gasteiger partial charge in [0.2, 0.25) is 0 Å². The zero-order valence-corrected chi connectivity index (χ0v) is 9.05. The van der Waals surface area contributed by atoms with Crippen molar-refractivity contribution in [2.24, 2.45) is 4.99 Å². The Kier molecular flexibility index (Phi) is 3.09. The summed E-state index contributed by atoms with van der Waals surface area (Å²) in [5, 5.41) is 4.85. The van der Waals surface area contributed by atoms with Crippen LogP contribution in [0.4, 0.5) is 0 Å². The van der Waals surface area contributed by atoms with Gasteiger partial charge in [0.05, 0.1) is 11.8 Å². The van der Waals surface area contributed by atoms with Crippen LogP contribution < -0.4 is 5.32 Å². The van der Waals surface area contributed by atoms with Crippen molar-refractivity contribution in [3.05, 3.63) is 35.9 Å². The van der Waals surface area contributed by atoms with Gasteiger partial charge in [-0.2, -0.15) is 0 Å². The van der Waals surface area contributed by atoms with Gasteiger partial charge in [-0.25, -0.2) is 0 Å². The molecule has 1 aromatic carbocycles. The van der Waals surface area contributed by atoms with Crippen LogP contribution in [0.1, 0.15) is 17.7 Å². The fourth-order valence-corrected chi connectivity index (χ4v) is 2.55. The molecule has 0 unspecified atom stereocenters. The van der Waals surface area contributed by atoms with Crippen LogP contribution in [-0.2, 0) is 0 Å². The summed E-state index contributed by atoms with van der Waals surface area (Å²) in [6.45, 7) is 3.95. The first kappa shape index (κ1) is 9.59. The van der Waals surface area contributed by atoms with Gasteiger partial charge in [0.15, 0.2) is 5.17 Å². The smallest absolute Gasteiger partial charge is 0.157 e. The Balaban J connectivity index is 1.99. The Morgan fingerprint density at radius 3 is 2.93 bits per heavy atom. The first-order chi connectivity index (χ1) is 6.90. The minimum atomic E-state index is 0.505. The Labute approximate surface area is 88.8 Å². The lowest BCUT2D eigenvalue weighted by Crippen LogP contribution is -2.17. The second kappa shape index (κ2) is 4.51. The van der Waals surface area contributed by atoms with E-state index < -0.39 is 0 Å². The quantitative estimate of drug-likeness (QED) is 0.803. The average Bonchev–Trinajstić information content (AvgIpc) is 2.68. The predicted octanol–water partition coefficient (Wildman–Crippen LogP) is 2.44. The van der Waals surface area contributed by atoms with Gasteiger partial charge in [0, 0.05) is 6.54 Å². The van der Waals surface area contributed by atoms with Gasteiger partial charge in [-0.05, 0) is 12.5 Å². The number of thioether (sulfide) groups is 1. The third-order valence-corrected chi connectivity index (χ3v) is 3.36. The zero-order chi connectivity index (χ0) is 9.80. The molecule has 0 saturated heterocycles. The molecule has 14 heavy (non-hydrogen) atoms. The molecule has 0 radical (unpaired) electrons. The molecule has 1 aliphatic rings. The molecule has 0 saturated carbocycles. The Hall–Kier alpha value is -0.960. The molecule has 1 atom stereocenters. The maximum atomic E-state index is 4.45. The summed E-state index contributed by atoms with van der Waals surface area (Å²) in [5.74, 6) is 0. The molecule has 0 amide bonds. The van der Waals surface area contributed by atoms with E-state index in [1.165, 1.54) is 5.56 Å². The van der Waals surface area contributed by atoms with E-state index in [-0.39, 0.29) is 0 Å². The predicted molar refractivity (Wildman–Crippen MR) is 62.8 cm³/mol. The number of hydrogen-bond acceptors (Lipinski definition) is 3. The zero-order valence-electron chi connectivity index (χ0n) is 8.23. The summed E-state index contributed by atoms with van der Waals surface area (Å²) >= 11 is 1.83. The third-order valence-electron chi connectivity index (χ3n) is 2.15. The first-order valence-electron chi connectivity index (χ1n) is 4.90. The van der Waals surface area contributed by atoms with Crippen LogP contribution in [0, 0.1) is 0 Å². The van der Waals surface area contributed by atoms with Gasteiger partial charge in [-0.1, -0.05) is 42.1 Å². The molecule has 1 N–H and O–H groups in total. The van der Waals surface area contributed by atoms with Crippen LogP contribution in [-0.4, -0.2) is 18.3 Å². The lowest BCUT2D eigenvalue weighted by Gasteiger charge is -2.08. The number of amidine groups is 1. The maximum absolute atomic E-state index is 4.45. The number of rotatable bonds is 2. The molecular weight excluding hydrogens is 192 g/mol. The van der Waals surface area contributed by atoms with E-state index in [9.17, 15) is 0 Å². The Bertz CT molecular complexity index is 321.